The third-order valence-electron chi connectivity index (χ3n) is 5.08. The highest BCUT2D eigenvalue weighted by Crippen LogP contribution is 2.23. The van der Waals surface area contributed by atoms with Gasteiger partial charge in [0.1, 0.15) is 11.6 Å². The lowest BCUT2D eigenvalue weighted by Gasteiger charge is -2.33. The number of hydrogen-bond donors (Lipinski definition) is 0. The first kappa shape index (κ1) is 17.6. The molecule has 0 saturated carbocycles. The van der Waals surface area contributed by atoms with E-state index < -0.39 is 0 Å². The molecule has 1 atom stereocenters. The van der Waals surface area contributed by atoms with Gasteiger partial charge in [0.15, 0.2) is 0 Å². The molecule has 1 saturated heterocycles. The lowest BCUT2D eigenvalue weighted by molar-refractivity contribution is 0.228. The number of ether oxygens (including phenoxy) is 1. The Hall–Kier alpha value is -2.82. The van der Waals surface area contributed by atoms with Crippen LogP contribution in [0.15, 0.2) is 61.3 Å². The highest BCUT2D eigenvalue weighted by molar-refractivity contribution is 5.40. The van der Waals surface area contributed by atoms with E-state index in [0.29, 0.717) is 5.92 Å². The summed E-state index contributed by atoms with van der Waals surface area (Å²) in [7, 11) is 0. The first-order valence-corrected chi connectivity index (χ1v) is 9.61. The molecule has 0 spiro atoms. The van der Waals surface area contributed by atoms with Gasteiger partial charge in [-0.3, -0.25) is 0 Å². The van der Waals surface area contributed by atoms with Gasteiger partial charge in [0, 0.05) is 44.1 Å². The molecular formula is C22H26N4O. The number of benzene rings is 1. The average molecular weight is 362 g/mol. The molecule has 1 aromatic carbocycles. The van der Waals surface area contributed by atoms with E-state index in [9.17, 15) is 0 Å². The maximum Gasteiger partial charge on any atom is 0.128 e. The fourth-order valence-corrected chi connectivity index (χ4v) is 3.55. The second-order valence-corrected chi connectivity index (χ2v) is 7.34. The molecule has 0 N–H and O–H groups in total. The second-order valence-electron chi connectivity index (χ2n) is 7.34. The Morgan fingerprint density at radius 1 is 1.15 bits per heavy atom. The van der Waals surface area contributed by atoms with Crippen molar-refractivity contribution in [3.63, 3.8) is 0 Å². The minimum absolute atomic E-state index is 0.535. The molecule has 0 bridgehead atoms. The smallest absolute Gasteiger partial charge is 0.128 e. The molecule has 5 heteroatoms. The largest absolute Gasteiger partial charge is 0.493 e. The van der Waals surface area contributed by atoms with E-state index in [2.05, 4.69) is 57.8 Å². The van der Waals surface area contributed by atoms with Crippen LogP contribution in [0.25, 0.3) is 0 Å². The zero-order valence-electron chi connectivity index (χ0n) is 15.8. The van der Waals surface area contributed by atoms with E-state index in [4.69, 9.17) is 9.72 Å². The predicted octanol–water partition coefficient (Wildman–Crippen LogP) is 3.93. The topological polar surface area (TPSA) is 43.2 Å². The molecule has 1 aliphatic rings. The van der Waals surface area contributed by atoms with Crippen LogP contribution in [0.4, 0.5) is 5.82 Å². The van der Waals surface area contributed by atoms with Crippen LogP contribution in [0.5, 0.6) is 5.75 Å². The molecule has 3 heterocycles. The third kappa shape index (κ3) is 4.67. The summed E-state index contributed by atoms with van der Waals surface area (Å²) in [6.45, 7) is 5.73. The zero-order chi connectivity index (χ0) is 18.5. The van der Waals surface area contributed by atoms with E-state index in [1.54, 1.807) is 6.20 Å². The number of aromatic nitrogens is 3. The predicted molar refractivity (Wildman–Crippen MR) is 107 cm³/mol. The Balaban J connectivity index is 1.32. The van der Waals surface area contributed by atoms with Crippen LogP contribution in [0.2, 0.25) is 0 Å². The first-order valence-electron chi connectivity index (χ1n) is 9.61. The van der Waals surface area contributed by atoms with Crippen molar-refractivity contribution in [3.05, 3.63) is 72.4 Å². The quantitative estimate of drug-likeness (QED) is 0.666. The number of hydrogen-bond acceptors (Lipinski definition) is 4. The van der Waals surface area contributed by atoms with Gasteiger partial charge in [-0.2, -0.15) is 0 Å². The number of pyridine rings is 1. The monoisotopic (exact) mass is 362 g/mol. The van der Waals surface area contributed by atoms with E-state index in [-0.39, 0.29) is 0 Å². The fourth-order valence-electron chi connectivity index (χ4n) is 3.55. The van der Waals surface area contributed by atoms with E-state index in [0.717, 1.165) is 37.8 Å². The Bertz CT molecular complexity index is 828. The van der Waals surface area contributed by atoms with Crippen molar-refractivity contribution in [1.82, 2.24) is 14.5 Å². The van der Waals surface area contributed by atoms with Crippen molar-refractivity contribution in [1.29, 1.82) is 0 Å². The van der Waals surface area contributed by atoms with Gasteiger partial charge in [0.05, 0.1) is 12.9 Å². The minimum atomic E-state index is 0.535. The van der Waals surface area contributed by atoms with Crippen molar-refractivity contribution >= 4 is 5.82 Å². The maximum absolute atomic E-state index is 6.01. The molecule has 2 aromatic heterocycles. The average Bonchev–Trinajstić information content (AvgIpc) is 3.21. The summed E-state index contributed by atoms with van der Waals surface area (Å²) in [6, 6.07) is 12.6. The van der Waals surface area contributed by atoms with E-state index in [1.165, 1.54) is 24.0 Å². The summed E-state index contributed by atoms with van der Waals surface area (Å²) >= 11 is 0. The molecule has 27 heavy (non-hydrogen) atoms. The summed E-state index contributed by atoms with van der Waals surface area (Å²) in [5.74, 6) is 2.55. The van der Waals surface area contributed by atoms with Crippen molar-refractivity contribution in [2.45, 2.75) is 26.3 Å². The Labute approximate surface area is 160 Å². The lowest BCUT2D eigenvalue weighted by Crippen LogP contribution is -2.38. The van der Waals surface area contributed by atoms with Crippen LogP contribution < -0.4 is 9.64 Å². The van der Waals surface area contributed by atoms with Crippen LogP contribution in [0.1, 0.15) is 24.0 Å². The Kier molecular flexibility index (Phi) is 5.37. The van der Waals surface area contributed by atoms with Gasteiger partial charge >= 0.3 is 0 Å². The summed E-state index contributed by atoms with van der Waals surface area (Å²) in [5, 5.41) is 0. The van der Waals surface area contributed by atoms with Gasteiger partial charge in [-0.05, 0) is 43.5 Å². The standard InChI is InChI=1S/C22H26N4O/c1-18-4-7-21(8-5-18)27-16-20-3-2-11-26(15-20)22-9-6-19(13-24-22)14-25-12-10-23-17-25/h4-10,12-13,17,20H,2-3,11,14-16H2,1H3/t20-/m0/s1. The summed E-state index contributed by atoms with van der Waals surface area (Å²) in [6.07, 6.45) is 9.96. The van der Waals surface area contributed by atoms with E-state index >= 15 is 0 Å². The first-order chi connectivity index (χ1) is 13.3. The summed E-state index contributed by atoms with van der Waals surface area (Å²) < 4.78 is 8.06. The highest BCUT2D eigenvalue weighted by Gasteiger charge is 2.21. The van der Waals surface area contributed by atoms with Crippen molar-refractivity contribution < 1.29 is 4.74 Å². The van der Waals surface area contributed by atoms with Gasteiger partial charge in [0.2, 0.25) is 0 Å². The van der Waals surface area contributed by atoms with Crippen molar-refractivity contribution in [3.8, 4) is 5.75 Å². The molecule has 1 aliphatic heterocycles. The lowest BCUT2D eigenvalue weighted by atomic mass is 9.99. The SMILES string of the molecule is Cc1ccc(OC[C@H]2CCCN(c3ccc(Cn4ccnc4)cn3)C2)cc1. The fraction of sp³-hybridized carbons (Fsp3) is 0.364. The van der Waals surface area contributed by atoms with E-state index in [1.807, 2.05) is 18.7 Å². The van der Waals surface area contributed by atoms with Crippen molar-refractivity contribution in [2.24, 2.45) is 5.92 Å². The molecule has 4 rings (SSSR count). The molecule has 5 nitrogen and oxygen atoms in total. The van der Waals surface area contributed by atoms with Crippen LogP contribution in [-0.4, -0.2) is 34.2 Å². The molecule has 3 aromatic rings. The Morgan fingerprint density at radius 2 is 2.04 bits per heavy atom. The number of nitrogens with zero attached hydrogens (tertiary/aromatic N) is 4. The number of imidazole rings is 1. The second kappa shape index (κ2) is 8.25. The molecule has 1 fully saturated rings. The Morgan fingerprint density at radius 3 is 2.78 bits per heavy atom. The van der Waals surface area contributed by atoms with Gasteiger partial charge in [-0.25, -0.2) is 9.97 Å². The molecule has 0 unspecified atom stereocenters. The molecule has 0 radical (unpaired) electrons. The van der Waals surface area contributed by atoms with Gasteiger partial charge < -0.3 is 14.2 Å². The van der Waals surface area contributed by atoms with Crippen LogP contribution in [0.3, 0.4) is 0 Å². The molecule has 140 valence electrons. The summed E-state index contributed by atoms with van der Waals surface area (Å²) in [5.41, 5.74) is 2.45. The van der Waals surface area contributed by atoms with Gasteiger partial charge in [-0.15, -0.1) is 0 Å². The van der Waals surface area contributed by atoms with Crippen LogP contribution >= 0.6 is 0 Å². The number of anilines is 1. The molecular weight excluding hydrogens is 336 g/mol. The third-order valence-corrected chi connectivity index (χ3v) is 5.08. The molecule has 0 aliphatic carbocycles. The zero-order valence-corrected chi connectivity index (χ0v) is 15.8. The summed E-state index contributed by atoms with van der Waals surface area (Å²) in [4.78, 5) is 11.2. The number of aryl methyl sites for hydroxylation is 1. The minimum Gasteiger partial charge on any atom is -0.493 e. The maximum atomic E-state index is 6.01. The van der Waals surface area contributed by atoms with Crippen molar-refractivity contribution in [2.75, 3.05) is 24.6 Å². The van der Waals surface area contributed by atoms with Crippen LogP contribution in [-0.2, 0) is 6.54 Å². The molecule has 0 amide bonds. The number of rotatable bonds is 6. The normalized spacial score (nSPS) is 17.1. The van der Waals surface area contributed by atoms with Gasteiger partial charge in [0.25, 0.3) is 0 Å². The van der Waals surface area contributed by atoms with Gasteiger partial charge in [-0.1, -0.05) is 23.8 Å². The highest BCUT2D eigenvalue weighted by atomic mass is 16.5. The number of piperidine rings is 1. The van der Waals surface area contributed by atoms with Crippen LogP contribution in [0, 0.1) is 12.8 Å².